The van der Waals surface area contributed by atoms with Gasteiger partial charge < -0.3 is 15.3 Å². The smallest absolute Gasteiger partial charge is 0.417 e. The summed E-state index contributed by atoms with van der Waals surface area (Å²) in [5.74, 6) is -1.30. The third kappa shape index (κ3) is 5.41. The Labute approximate surface area is 191 Å². The number of alkyl halides is 3. The van der Waals surface area contributed by atoms with E-state index in [9.17, 15) is 27.9 Å². The molecule has 0 fully saturated rings. The zero-order valence-corrected chi connectivity index (χ0v) is 18.3. The van der Waals surface area contributed by atoms with Crippen LogP contribution in [0.4, 0.5) is 23.7 Å². The molecule has 0 atom stereocenters. The Hall–Kier alpha value is -3.04. The maximum atomic E-state index is 13.2. The number of benzene rings is 2. The monoisotopic (exact) mass is 482 g/mol. The minimum absolute atomic E-state index is 0.0116. The molecule has 3 aromatic rings. The van der Waals surface area contributed by atoms with Gasteiger partial charge in [0.15, 0.2) is 0 Å². The van der Waals surface area contributed by atoms with Gasteiger partial charge >= 0.3 is 18.2 Å². The molecule has 0 aliphatic rings. The van der Waals surface area contributed by atoms with Crippen LogP contribution < -0.4 is 5.32 Å². The number of carbonyl (C=O) groups excluding carboxylic acids is 1. The highest BCUT2D eigenvalue weighted by Crippen LogP contribution is 2.40. The van der Waals surface area contributed by atoms with Gasteiger partial charge in [0.2, 0.25) is 0 Å². The predicted octanol–water partition coefficient (Wildman–Crippen LogP) is 6.84. The van der Waals surface area contributed by atoms with Gasteiger partial charge in [-0.25, -0.2) is 9.59 Å². The molecule has 5 nitrogen and oxygen atoms in total. The largest absolute Gasteiger partial charge is 0.477 e. The molecule has 0 saturated heterocycles. The molecule has 0 radical (unpaired) electrons. The molecular weight excluding hydrogens is 465 g/mol. The minimum atomic E-state index is -4.66. The maximum absolute atomic E-state index is 13.2. The van der Waals surface area contributed by atoms with E-state index in [-0.39, 0.29) is 21.0 Å². The van der Waals surface area contributed by atoms with Crippen molar-refractivity contribution in [2.75, 3.05) is 11.9 Å². The highest BCUT2D eigenvalue weighted by atomic mass is 35.5. The van der Waals surface area contributed by atoms with E-state index in [0.29, 0.717) is 13.1 Å². The number of halogens is 4. The number of thiophene rings is 1. The van der Waals surface area contributed by atoms with Crippen molar-refractivity contribution in [3.63, 3.8) is 0 Å². The zero-order valence-electron chi connectivity index (χ0n) is 16.7. The lowest BCUT2D eigenvalue weighted by Gasteiger charge is -2.21. The Morgan fingerprint density at radius 1 is 1.12 bits per heavy atom. The second-order valence-electron chi connectivity index (χ2n) is 6.78. The van der Waals surface area contributed by atoms with Crippen LogP contribution in [0, 0.1) is 0 Å². The molecule has 1 heterocycles. The maximum Gasteiger partial charge on any atom is 0.417 e. The number of aromatic carboxylic acids is 1. The number of hydrogen-bond acceptors (Lipinski definition) is 3. The first-order valence-corrected chi connectivity index (χ1v) is 10.6. The molecule has 10 heteroatoms. The first-order valence-electron chi connectivity index (χ1n) is 9.44. The van der Waals surface area contributed by atoms with Gasteiger partial charge in [0.05, 0.1) is 16.3 Å². The van der Waals surface area contributed by atoms with E-state index in [1.807, 2.05) is 30.3 Å². The van der Waals surface area contributed by atoms with Gasteiger partial charge in [-0.3, -0.25) is 0 Å². The van der Waals surface area contributed by atoms with Crippen molar-refractivity contribution in [2.24, 2.45) is 0 Å². The average Bonchev–Trinajstić information content (AvgIpc) is 3.16. The van der Waals surface area contributed by atoms with E-state index in [1.54, 1.807) is 6.92 Å². The molecule has 2 aromatic carbocycles. The number of hydrogen-bond donors (Lipinski definition) is 2. The topological polar surface area (TPSA) is 69.6 Å². The summed E-state index contributed by atoms with van der Waals surface area (Å²) in [6, 6.07) is 13.4. The summed E-state index contributed by atoms with van der Waals surface area (Å²) >= 11 is 6.44. The Bertz CT molecular complexity index is 1130. The SMILES string of the molecule is CCN(Cc1ccccc1)C(=O)Nc1cc(-c2ccc(Cl)c(C(F)(F)F)c2)sc1C(=O)O. The van der Waals surface area contributed by atoms with Crippen LogP contribution in [0.3, 0.4) is 0 Å². The summed E-state index contributed by atoms with van der Waals surface area (Å²) in [6.07, 6.45) is -4.66. The van der Waals surface area contributed by atoms with Gasteiger partial charge in [-0.15, -0.1) is 11.3 Å². The number of nitrogens with one attached hydrogen (secondary N) is 1. The van der Waals surface area contributed by atoms with Gasteiger partial charge in [0.25, 0.3) is 0 Å². The van der Waals surface area contributed by atoms with Crippen molar-refractivity contribution in [3.8, 4) is 10.4 Å². The van der Waals surface area contributed by atoms with Crippen LogP contribution in [0.5, 0.6) is 0 Å². The number of carboxylic acids is 1. The highest BCUT2D eigenvalue weighted by Gasteiger charge is 2.33. The van der Waals surface area contributed by atoms with Gasteiger partial charge in [-0.1, -0.05) is 48.0 Å². The Balaban J connectivity index is 1.90. The molecule has 0 aliphatic carbocycles. The van der Waals surface area contributed by atoms with Crippen LogP contribution in [-0.2, 0) is 12.7 Å². The lowest BCUT2D eigenvalue weighted by atomic mass is 10.1. The minimum Gasteiger partial charge on any atom is -0.477 e. The van der Waals surface area contributed by atoms with Crippen LogP contribution in [0.25, 0.3) is 10.4 Å². The second kappa shape index (κ2) is 9.62. The van der Waals surface area contributed by atoms with Gasteiger partial charge in [0, 0.05) is 18.0 Å². The van der Waals surface area contributed by atoms with E-state index in [1.165, 1.54) is 17.0 Å². The van der Waals surface area contributed by atoms with Gasteiger partial charge in [-0.2, -0.15) is 13.2 Å². The van der Waals surface area contributed by atoms with E-state index in [0.717, 1.165) is 29.0 Å². The number of anilines is 1. The summed E-state index contributed by atoms with van der Waals surface area (Å²) in [5.41, 5.74) is 0.0336. The lowest BCUT2D eigenvalue weighted by Crippen LogP contribution is -2.34. The fourth-order valence-electron chi connectivity index (χ4n) is 3.01. The number of carboxylic acid groups (broad SMARTS) is 1. The van der Waals surface area contributed by atoms with E-state index >= 15 is 0 Å². The number of nitrogens with zero attached hydrogens (tertiary/aromatic N) is 1. The van der Waals surface area contributed by atoms with Crippen LogP contribution in [-0.4, -0.2) is 28.6 Å². The van der Waals surface area contributed by atoms with Crippen LogP contribution in [0.15, 0.2) is 54.6 Å². The van der Waals surface area contributed by atoms with E-state index in [2.05, 4.69) is 5.32 Å². The van der Waals surface area contributed by atoms with Gasteiger partial charge in [0.1, 0.15) is 4.88 Å². The molecule has 1 aromatic heterocycles. The average molecular weight is 483 g/mol. The molecule has 0 aliphatic heterocycles. The van der Waals surface area contributed by atoms with Crippen molar-refractivity contribution >= 4 is 40.6 Å². The molecule has 168 valence electrons. The van der Waals surface area contributed by atoms with Crippen molar-refractivity contribution < 1.29 is 27.9 Å². The number of rotatable bonds is 6. The molecule has 0 unspecified atom stereocenters. The summed E-state index contributed by atoms with van der Waals surface area (Å²) < 4.78 is 39.6. The summed E-state index contributed by atoms with van der Waals surface area (Å²) in [4.78, 5) is 26.0. The quantitative estimate of drug-likeness (QED) is 0.404. The Morgan fingerprint density at radius 3 is 2.41 bits per heavy atom. The van der Waals surface area contributed by atoms with Crippen molar-refractivity contribution in [1.29, 1.82) is 0 Å². The van der Waals surface area contributed by atoms with E-state index < -0.39 is 28.8 Å². The summed E-state index contributed by atoms with van der Waals surface area (Å²) in [5, 5.41) is 11.7. The number of carbonyl (C=O) groups is 2. The Morgan fingerprint density at radius 2 is 1.81 bits per heavy atom. The van der Waals surface area contributed by atoms with Gasteiger partial charge in [-0.05, 0) is 36.2 Å². The molecule has 0 spiro atoms. The second-order valence-corrected chi connectivity index (χ2v) is 8.24. The molecule has 0 saturated carbocycles. The van der Waals surface area contributed by atoms with Crippen molar-refractivity contribution in [3.05, 3.63) is 75.6 Å². The molecular formula is C22H18ClF3N2O3S. The van der Waals surface area contributed by atoms with Crippen LogP contribution in [0.1, 0.15) is 27.7 Å². The first kappa shape index (κ1) is 23.6. The highest BCUT2D eigenvalue weighted by molar-refractivity contribution is 7.18. The number of amides is 2. The molecule has 3 rings (SSSR count). The molecule has 2 amide bonds. The van der Waals surface area contributed by atoms with Crippen LogP contribution >= 0.6 is 22.9 Å². The third-order valence-electron chi connectivity index (χ3n) is 4.61. The zero-order chi connectivity index (χ0) is 23.5. The molecule has 32 heavy (non-hydrogen) atoms. The third-order valence-corrected chi connectivity index (χ3v) is 6.11. The summed E-state index contributed by atoms with van der Waals surface area (Å²) in [7, 11) is 0. The van der Waals surface area contributed by atoms with E-state index in [4.69, 9.17) is 11.6 Å². The normalized spacial score (nSPS) is 11.3. The van der Waals surface area contributed by atoms with Crippen molar-refractivity contribution in [2.45, 2.75) is 19.6 Å². The first-order chi connectivity index (χ1) is 15.1. The fourth-order valence-corrected chi connectivity index (χ4v) is 4.18. The fraction of sp³-hybridized carbons (Fsp3) is 0.182. The Kier molecular flexibility index (Phi) is 7.10. The lowest BCUT2D eigenvalue weighted by molar-refractivity contribution is -0.137. The number of urea groups is 1. The molecule has 0 bridgehead atoms. The molecule has 2 N–H and O–H groups in total. The van der Waals surface area contributed by atoms with Crippen LogP contribution in [0.2, 0.25) is 5.02 Å². The standard InChI is InChI=1S/C22H18ClF3N2O3S/c1-2-28(12-13-6-4-3-5-7-13)21(31)27-17-11-18(32-19(17)20(29)30)14-8-9-16(23)15(10-14)22(24,25)26/h3-11H,2,12H2,1H3,(H,27,31)(H,29,30). The van der Waals surface area contributed by atoms with Crippen molar-refractivity contribution in [1.82, 2.24) is 4.90 Å². The predicted molar refractivity (Wildman–Crippen MR) is 118 cm³/mol. The summed E-state index contributed by atoms with van der Waals surface area (Å²) in [6.45, 7) is 2.47.